The highest BCUT2D eigenvalue weighted by molar-refractivity contribution is 9.10. The Kier molecular flexibility index (Phi) is 5.47. The molecule has 0 aliphatic rings. The summed E-state index contributed by atoms with van der Waals surface area (Å²) in [4.78, 5) is 0. The summed E-state index contributed by atoms with van der Waals surface area (Å²) in [7, 11) is 0. The van der Waals surface area contributed by atoms with Crippen LogP contribution in [0.15, 0.2) is 46.9 Å². The number of aliphatic hydroxyl groups excluding tert-OH is 1. The van der Waals surface area contributed by atoms with E-state index >= 15 is 0 Å². The van der Waals surface area contributed by atoms with E-state index in [-0.39, 0.29) is 13.2 Å². The predicted octanol–water partition coefficient (Wildman–Crippen LogP) is 3.16. The molecule has 0 spiro atoms. The number of aliphatic hydroxyl groups is 1. The number of hydrogen-bond acceptors (Lipinski definition) is 4. The van der Waals surface area contributed by atoms with Crippen molar-refractivity contribution < 1.29 is 14.6 Å². The number of nitrogen functional groups attached to an aromatic ring is 1. The molecule has 1 unspecified atom stereocenters. The van der Waals surface area contributed by atoms with Gasteiger partial charge in [0.05, 0.1) is 4.47 Å². The van der Waals surface area contributed by atoms with E-state index in [1.807, 2.05) is 25.1 Å². The Hall–Kier alpha value is -1.72. The number of anilines is 1. The van der Waals surface area contributed by atoms with E-state index in [0.717, 1.165) is 10.0 Å². The van der Waals surface area contributed by atoms with Crippen LogP contribution in [0, 0.1) is 6.92 Å². The number of nitrogens with two attached hydrogens (primary N) is 1. The zero-order valence-corrected chi connectivity index (χ0v) is 13.3. The van der Waals surface area contributed by atoms with Crippen LogP contribution < -0.4 is 15.2 Å². The van der Waals surface area contributed by atoms with E-state index in [2.05, 4.69) is 15.9 Å². The molecule has 0 aliphatic carbocycles. The minimum absolute atomic E-state index is 0.146. The van der Waals surface area contributed by atoms with Crippen LogP contribution in [0.1, 0.15) is 5.56 Å². The number of hydrogen-bond donors (Lipinski definition) is 2. The Morgan fingerprint density at radius 2 is 1.90 bits per heavy atom. The van der Waals surface area contributed by atoms with Gasteiger partial charge in [-0.2, -0.15) is 0 Å². The van der Waals surface area contributed by atoms with E-state index in [1.54, 1.807) is 24.3 Å². The van der Waals surface area contributed by atoms with Gasteiger partial charge in [0.25, 0.3) is 0 Å². The molecular weight excluding hydrogens is 334 g/mol. The molecule has 1 atom stereocenters. The molecule has 0 amide bonds. The molecule has 2 rings (SSSR count). The zero-order chi connectivity index (χ0) is 15.2. The fraction of sp³-hybridized carbons (Fsp3) is 0.250. The first-order chi connectivity index (χ1) is 10.0. The topological polar surface area (TPSA) is 64.7 Å². The summed E-state index contributed by atoms with van der Waals surface area (Å²) in [6.07, 6.45) is -0.723. The maximum absolute atomic E-state index is 9.89. The number of aryl methyl sites for hydroxylation is 1. The minimum Gasteiger partial charge on any atom is -0.491 e. The molecule has 112 valence electrons. The molecule has 0 saturated heterocycles. The van der Waals surface area contributed by atoms with Gasteiger partial charge in [0, 0.05) is 11.8 Å². The summed E-state index contributed by atoms with van der Waals surface area (Å²) >= 11 is 3.43. The van der Waals surface area contributed by atoms with Gasteiger partial charge in [-0.25, -0.2) is 0 Å². The third kappa shape index (κ3) is 4.95. The van der Waals surface area contributed by atoms with Gasteiger partial charge < -0.3 is 20.3 Å². The Bertz CT molecular complexity index is 604. The molecule has 2 aromatic carbocycles. The molecule has 0 saturated carbocycles. The van der Waals surface area contributed by atoms with Gasteiger partial charge in [-0.15, -0.1) is 0 Å². The summed E-state index contributed by atoms with van der Waals surface area (Å²) < 4.78 is 11.9. The molecular formula is C16H18BrNO3. The molecule has 4 nitrogen and oxygen atoms in total. The number of ether oxygens (including phenoxy) is 2. The summed E-state index contributed by atoms with van der Waals surface area (Å²) in [6.45, 7) is 2.31. The molecule has 2 aromatic rings. The van der Waals surface area contributed by atoms with Crippen molar-refractivity contribution in [2.24, 2.45) is 0 Å². The monoisotopic (exact) mass is 351 g/mol. The molecule has 0 heterocycles. The molecule has 0 radical (unpaired) electrons. The lowest BCUT2D eigenvalue weighted by Crippen LogP contribution is -2.25. The maximum atomic E-state index is 9.89. The first-order valence-electron chi connectivity index (χ1n) is 6.60. The molecule has 3 N–H and O–H groups in total. The Morgan fingerprint density at radius 1 is 1.14 bits per heavy atom. The van der Waals surface area contributed by atoms with Gasteiger partial charge in [-0.1, -0.05) is 12.1 Å². The molecule has 0 aliphatic heterocycles. The first kappa shape index (κ1) is 15.7. The minimum atomic E-state index is -0.723. The van der Waals surface area contributed by atoms with Crippen LogP contribution in [-0.2, 0) is 0 Å². The van der Waals surface area contributed by atoms with Crippen molar-refractivity contribution in [3.63, 3.8) is 0 Å². The Morgan fingerprint density at radius 3 is 2.62 bits per heavy atom. The lowest BCUT2D eigenvalue weighted by atomic mass is 10.2. The molecule has 0 fully saturated rings. The second-order valence-corrected chi connectivity index (χ2v) is 5.64. The van der Waals surface area contributed by atoms with Crippen molar-refractivity contribution in [2.45, 2.75) is 13.0 Å². The van der Waals surface area contributed by atoms with Crippen molar-refractivity contribution in [1.82, 2.24) is 0 Å². The quantitative estimate of drug-likeness (QED) is 0.784. The second-order valence-electron chi connectivity index (χ2n) is 4.78. The largest absolute Gasteiger partial charge is 0.491 e. The van der Waals surface area contributed by atoms with Gasteiger partial charge in [-0.05, 0) is 52.7 Å². The highest BCUT2D eigenvalue weighted by atomic mass is 79.9. The third-order valence-corrected chi connectivity index (χ3v) is 3.44. The number of rotatable bonds is 6. The lowest BCUT2D eigenvalue weighted by Gasteiger charge is -2.14. The van der Waals surface area contributed by atoms with Crippen molar-refractivity contribution in [1.29, 1.82) is 0 Å². The van der Waals surface area contributed by atoms with Crippen LogP contribution in [0.3, 0.4) is 0 Å². The van der Waals surface area contributed by atoms with Gasteiger partial charge in [0.2, 0.25) is 0 Å². The van der Waals surface area contributed by atoms with Crippen LogP contribution in [0.2, 0.25) is 0 Å². The fourth-order valence-electron chi connectivity index (χ4n) is 1.75. The summed E-state index contributed by atoms with van der Waals surface area (Å²) in [5, 5.41) is 9.89. The highest BCUT2D eigenvalue weighted by Crippen LogP contribution is 2.25. The second kappa shape index (κ2) is 7.33. The van der Waals surface area contributed by atoms with Crippen LogP contribution in [0.5, 0.6) is 11.5 Å². The van der Waals surface area contributed by atoms with Crippen LogP contribution in [0.4, 0.5) is 5.69 Å². The average Bonchev–Trinajstić information content (AvgIpc) is 2.44. The van der Waals surface area contributed by atoms with Crippen molar-refractivity contribution in [2.75, 3.05) is 18.9 Å². The Labute approximate surface area is 132 Å². The molecule has 0 bridgehead atoms. The van der Waals surface area contributed by atoms with Crippen molar-refractivity contribution in [3.05, 3.63) is 52.5 Å². The van der Waals surface area contributed by atoms with Crippen LogP contribution in [0.25, 0.3) is 0 Å². The summed E-state index contributed by atoms with van der Waals surface area (Å²) in [6, 6.07) is 12.9. The third-order valence-electron chi connectivity index (χ3n) is 2.82. The van der Waals surface area contributed by atoms with Crippen LogP contribution in [-0.4, -0.2) is 24.4 Å². The fourth-order valence-corrected chi connectivity index (χ4v) is 2.36. The van der Waals surface area contributed by atoms with Crippen molar-refractivity contribution in [3.8, 4) is 11.5 Å². The van der Waals surface area contributed by atoms with Gasteiger partial charge in [0.15, 0.2) is 0 Å². The molecule has 0 aromatic heterocycles. The van der Waals surface area contributed by atoms with Crippen LogP contribution >= 0.6 is 15.9 Å². The standard InChI is InChI=1S/C16H18BrNO3/c1-11-5-6-16(15(17)7-11)21-10-13(19)9-20-14-4-2-3-12(18)8-14/h2-8,13,19H,9-10,18H2,1H3. The molecule has 5 heteroatoms. The SMILES string of the molecule is Cc1ccc(OCC(O)COc2cccc(N)c2)c(Br)c1. The van der Waals surface area contributed by atoms with E-state index in [0.29, 0.717) is 17.2 Å². The van der Waals surface area contributed by atoms with E-state index in [9.17, 15) is 5.11 Å². The van der Waals surface area contributed by atoms with Gasteiger partial charge in [0.1, 0.15) is 30.8 Å². The number of halogens is 1. The van der Waals surface area contributed by atoms with Gasteiger partial charge >= 0.3 is 0 Å². The van der Waals surface area contributed by atoms with E-state index < -0.39 is 6.10 Å². The average molecular weight is 352 g/mol. The first-order valence-corrected chi connectivity index (χ1v) is 7.39. The van der Waals surface area contributed by atoms with Crippen molar-refractivity contribution >= 4 is 21.6 Å². The van der Waals surface area contributed by atoms with E-state index in [1.165, 1.54) is 0 Å². The summed E-state index contributed by atoms with van der Waals surface area (Å²) in [5.41, 5.74) is 7.42. The van der Waals surface area contributed by atoms with Gasteiger partial charge in [-0.3, -0.25) is 0 Å². The highest BCUT2D eigenvalue weighted by Gasteiger charge is 2.08. The zero-order valence-electron chi connectivity index (χ0n) is 11.8. The molecule has 21 heavy (non-hydrogen) atoms. The van der Waals surface area contributed by atoms with E-state index in [4.69, 9.17) is 15.2 Å². The predicted molar refractivity (Wildman–Crippen MR) is 86.7 cm³/mol. The lowest BCUT2D eigenvalue weighted by molar-refractivity contribution is 0.0624. The normalized spacial score (nSPS) is 12.0. The summed E-state index contributed by atoms with van der Waals surface area (Å²) in [5.74, 6) is 1.33. The number of benzene rings is 2. The maximum Gasteiger partial charge on any atom is 0.133 e. The smallest absolute Gasteiger partial charge is 0.133 e. The Balaban J connectivity index is 1.80.